The third-order valence-corrected chi connectivity index (χ3v) is 6.08. The highest BCUT2D eigenvalue weighted by Gasteiger charge is 2.35. The van der Waals surface area contributed by atoms with Gasteiger partial charge in [0.05, 0.1) is 5.75 Å². The van der Waals surface area contributed by atoms with Gasteiger partial charge in [-0.05, 0) is 38.5 Å². The number of carbonyl (C=O) groups is 1. The summed E-state index contributed by atoms with van der Waals surface area (Å²) < 4.78 is 24.6. The van der Waals surface area contributed by atoms with Crippen LogP contribution in [-0.2, 0) is 14.7 Å². The molecule has 154 valence electrons. The maximum atomic E-state index is 12.3. The molecule has 0 bridgehead atoms. The summed E-state index contributed by atoms with van der Waals surface area (Å²) in [6.07, 6.45) is 0.221. The summed E-state index contributed by atoms with van der Waals surface area (Å²) in [5.41, 5.74) is 2.17. The predicted molar refractivity (Wildman–Crippen MR) is 112 cm³/mol. The van der Waals surface area contributed by atoms with Crippen molar-refractivity contribution in [1.29, 1.82) is 0 Å². The van der Waals surface area contributed by atoms with Gasteiger partial charge < -0.3 is 10.2 Å². The summed E-state index contributed by atoms with van der Waals surface area (Å²) in [6.45, 7) is 5.35. The van der Waals surface area contributed by atoms with Crippen LogP contribution >= 0.6 is 0 Å². The minimum Gasteiger partial charge on any atom is -0.389 e. The summed E-state index contributed by atoms with van der Waals surface area (Å²) in [6, 6.07) is 12.9. The van der Waals surface area contributed by atoms with E-state index in [2.05, 4.69) is 20.8 Å². The molecule has 0 saturated carbocycles. The van der Waals surface area contributed by atoms with Crippen molar-refractivity contribution in [2.45, 2.75) is 32.8 Å². The number of sulfone groups is 1. The topological polar surface area (TPSA) is 110 Å². The lowest BCUT2D eigenvalue weighted by molar-refractivity contribution is 0.0123. The highest BCUT2D eigenvalue weighted by Crippen LogP contribution is 2.25. The van der Waals surface area contributed by atoms with E-state index in [0.717, 1.165) is 16.8 Å². The molecule has 8 nitrogen and oxygen atoms in total. The van der Waals surface area contributed by atoms with Gasteiger partial charge >= 0.3 is 6.03 Å². The second-order valence-corrected chi connectivity index (χ2v) is 9.52. The number of hydrogen-bond acceptors (Lipinski definition) is 6. The van der Waals surface area contributed by atoms with Gasteiger partial charge in [-0.3, -0.25) is 5.32 Å². The van der Waals surface area contributed by atoms with Gasteiger partial charge in [0.25, 0.3) is 0 Å². The first kappa shape index (κ1) is 20.8. The number of oxime groups is 1. The molecule has 2 aromatic rings. The number of pyridine rings is 1. The van der Waals surface area contributed by atoms with E-state index < -0.39 is 21.5 Å². The monoisotopic (exact) mass is 416 g/mol. The van der Waals surface area contributed by atoms with Gasteiger partial charge in [0, 0.05) is 24.2 Å². The summed E-state index contributed by atoms with van der Waals surface area (Å²) in [7, 11) is -3.58. The Morgan fingerprint density at radius 2 is 1.90 bits per heavy atom. The Labute approximate surface area is 170 Å². The summed E-state index contributed by atoms with van der Waals surface area (Å²) >= 11 is 0. The number of aryl methyl sites for hydroxylation is 1. The quantitative estimate of drug-likeness (QED) is 0.778. The predicted octanol–water partition coefficient (Wildman–Crippen LogP) is 3.11. The number of urea groups is 1. The average molecular weight is 417 g/mol. The van der Waals surface area contributed by atoms with E-state index in [9.17, 15) is 13.2 Å². The number of amides is 2. The van der Waals surface area contributed by atoms with Gasteiger partial charge in [-0.2, -0.15) is 0 Å². The van der Waals surface area contributed by atoms with Crippen LogP contribution in [0.5, 0.6) is 0 Å². The molecule has 1 aromatic heterocycles. The second-order valence-electron chi connectivity index (χ2n) is 7.41. The zero-order valence-electron chi connectivity index (χ0n) is 16.6. The standard InChI is InChI=1S/C20H24N4O4S/c1-14-16(15-7-5-4-6-8-15)9-10-17(22-14)23-19(25)21-11-12-29(26,27)18-13-20(2,3)28-24-18/h4-10H,11-13H2,1-3H3,(H2,21,22,23,25). The highest BCUT2D eigenvalue weighted by molar-refractivity contribution is 8.06. The van der Waals surface area contributed by atoms with Gasteiger partial charge in [0.1, 0.15) is 11.4 Å². The van der Waals surface area contributed by atoms with Gasteiger partial charge in [-0.15, -0.1) is 0 Å². The molecule has 0 aliphatic carbocycles. The Morgan fingerprint density at radius 1 is 1.17 bits per heavy atom. The molecule has 0 spiro atoms. The smallest absolute Gasteiger partial charge is 0.320 e. The molecule has 0 atom stereocenters. The molecule has 1 aliphatic rings. The number of benzene rings is 1. The highest BCUT2D eigenvalue weighted by atomic mass is 32.2. The first-order valence-electron chi connectivity index (χ1n) is 9.22. The fourth-order valence-electron chi connectivity index (χ4n) is 2.90. The number of aromatic nitrogens is 1. The minimum atomic E-state index is -3.58. The van der Waals surface area contributed by atoms with Crippen molar-refractivity contribution in [3.8, 4) is 11.1 Å². The molecular formula is C20H24N4O4S. The molecule has 29 heavy (non-hydrogen) atoms. The van der Waals surface area contributed by atoms with Crippen LogP contribution in [-0.4, -0.2) is 42.4 Å². The first-order chi connectivity index (χ1) is 13.7. The van der Waals surface area contributed by atoms with Crippen molar-refractivity contribution >= 4 is 26.7 Å². The van der Waals surface area contributed by atoms with Crippen LogP contribution < -0.4 is 10.6 Å². The van der Waals surface area contributed by atoms with Crippen molar-refractivity contribution in [2.75, 3.05) is 17.6 Å². The van der Waals surface area contributed by atoms with Crippen LogP contribution in [0.4, 0.5) is 10.6 Å². The molecular weight excluding hydrogens is 392 g/mol. The average Bonchev–Trinajstić information content (AvgIpc) is 3.03. The number of anilines is 1. The van der Waals surface area contributed by atoms with Gasteiger partial charge in [0.15, 0.2) is 14.9 Å². The van der Waals surface area contributed by atoms with Gasteiger partial charge in [-0.1, -0.05) is 35.5 Å². The Kier molecular flexibility index (Phi) is 5.88. The number of hydrogen-bond donors (Lipinski definition) is 2. The zero-order valence-corrected chi connectivity index (χ0v) is 17.4. The molecule has 2 amide bonds. The van der Waals surface area contributed by atoms with E-state index in [4.69, 9.17) is 4.84 Å². The maximum absolute atomic E-state index is 12.3. The van der Waals surface area contributed by atoms with Crippen LogP contribution in [0.25, 0.3) is 11.1 Å². The van der Waals surface area contributed by atoms with Gasteiger partial charge in [-0.25, -0.2) is 18.2 Å². The summed E-state index contributed by atoms with van der Waals surface area (Å²) in [4.78, 5) is 21.6. The van der Waals surface area contributed by atoms with Crippen molar-refractivity contribution in [3.63, 3.8) is 0 Å². The molecule has 0 unspecified atom stereocenters. The normalized spacial score (nSPS) is 15.3. The van der Waals surface area contributed by atoms with Gasteiger partial charge in [0.2, 0.25) is 0 Å². The van der Waals surface area contributed by atoms with Crippen LogP contribution in [0.2, 0.25) is 0 Å². The van der Waals surface area contributed by atoms with E-state index >= 15 is 0 Å². The molecule has 0 saturated heterocycles. The van der Waals surface area contributed by atoms with E-state index in [0.29, 0.717) is 5.82 Å². The first-order valence-corrected chi connectivity index (χ1v) is 10.9. The Hall–Kier alpha value is -2.94. The lowest BCUT2D eigenvalue weighted by atomic mass is 10.0. The van der Waals surface area contributed by atoms with Crippen LogP contribution in [0.1, 0.15) is 26.0 Å². The molecule has 2 heterocycles. The fourth-order valence-corrected chi connectivity index (χ4v) is 4.23. The lowest BCUT2D eigenvalue weighted by Crippen LogP contribution is -2.34. The maximum Gasteiger partial charge on any atom is 0.320 e. The van der Waals surface area contributed by atoms with E-state index in [1.807, 2.05) is 43.3 Å². The van der Waals surface area contributed by atoms with Crippen molar-refractivity contribution in [2.24, 2.45) is 5.16 Å². The Morgan fingerprint density at radius 3 is 2.52 bits per heavy atom. The molecule has 0 fully saturated rings. The van der Waals surface area contributed by atoms with Crippen LogP contribution in [0.3, 0.4) is 0 Å². The van der Waals surface area contributed by atoms with E-state index in [1.165, 1.54) is 0 Å². The molecule has 9 heteroatoms. The van der Waals surface area contributed by atoms with E-state index in [1.54, 1.807) is 19.9 Å². The van der Waals surface area contributed by atoms with E-state index in [-0.39, 0.29) is 23.8 Å². The Bertz CT molecular complexity index is 1030. The second kappa shape index (κ2) is 8.20. The fraction of sp³-hybridized carbons (Fsp3) is 0.350. The van der Waals surface area contributed by atoms with Crippen LogP contribution in [0.15, 0.2) is 47.6 Å². The SMILES string of the molecule is Cc1nc(NC(=O)NCCS(=O)(=O)C2=NOC(C)(C)C2)ccc1-c1ccccc1. The van der Waals surface area contributed by atoms with Crippen molar-refractivity contribution in [3.05, 3.63) is 48.2 Å². The summed E-state index contributed by atoms with van der Waals surface area (Å²) in [5.74, 6) is 0.135. The molecule has 1 aliphatic heterocycles. The molecule has 0 radical (unpaired) electrons. The molecule has 3 rings (SSSR count). The van der Waals surface area contributed by atoms with Crippen molar-refractivity contribution < 1.29 is 18.0 Å². The minimum absolute atomic E-state index is 0.0125. The number of rotatable bonds is 5. The lowest BCUT2D eigenvalue weighted by Gasteiger charge is -2.13. The zero-order chi connectivity index (χ0) is 21.1. The summed E-state index contributed by atoms with van der Waals surface area (Å²) in [5, 5.41) is 8.82. The van der Waals surface area contributed by atoms with Crippen LogP contribution in [0, 0.1) is 6.92 Å². The largest absolute Gasteiger partial charge is 0.389 e. The third-order valence-electron chi connectivity index (χ3n) is 4.40. The Balaban J connectivity index is 1.53. The number of nitrogens with one attached hydrogen (secondary N) is 2. The van der Waals surface area contributed by atoms with Crippen molar-refractivity contribution in [1.82, 2.24) is 10.3 Å². The number of nitrogens with zero attached hydrogens (tertiary/aromatic N) is 2. The molecule has 1 aromatic carbocycles. The number of carbonyl (C=O) groups excluding carboxylic acids is 1. The molecule has 2 N–H and O–H groups in total. The third kappa shape index (κ3) is 5.32.